The number of nitrogens with one attached hydrogen (secondary N) is 3. The molecule has 200 valence electrons. The zero-order valence-electron chi connectivity index (χ0n) is 20.8. The van der Waals surface area contributed by atoms with E-state index in [1.165, 1.54) is 19.1 Å². The Balaban J connectivity index is 1.21. The summed E-state index contributed by atoms with van der Waals surface area (Å²) in [6.45, 7) is 5.65. The molecule has 1 aliphatic carbocycles. The van der Waals surface area contributed by atoms with Crippen LogP contribution in [0.1, 0.15) is 31.7 Å². The van der Waals surface area contributed by atoms with E-state index < -0.39 is 6.36 Å². The molecule has 2 heterocycles. The third kappa shape index (κ3) is 7.72. The van der Waals surface area contributed by atoms with Crippen LogP contribution in [0.3, 0.4) is 0 Å². The minimum absolute atomic E-state index is 0.0282. The fourth-order valence-corrected chi connectivity index (χ4v) is 4.30. The lowest BCUT2D eigenvalue weighted by Gasteiger charge is -2.35. The second-order valence-electron chi connectivity index (χ2n) is 9.07. The summed E-state index contributed by atoms with van der Waals surface area (Å²) in [5.41, 5.74) is 2.46. The van der Waals surface area contributed by atoms with Gasteiger partial charge in [-0.2, -0.15) is 0 Å². The fourth-order valence-electron chi connectivity index (χ4n) is 4.30. The van der Waals surface area contributed by atoms with Crippen molar-refractivity contribution in [2.75, 3.05) is 37.0 Å². The van der Waals surface area contributed by atoms with Crippen LogP contribution in [0.15, 0.2) is 52.2 Å². The number of piperidine rings is 1. The number of aliphatic imine (C=N–C) groups is 2. The highest BCUT2D eigenvalue weighted by Gasteiger charge is 2.32. The van der Waals surface area contributed by atoms with Crippen molar-refractivity contribution < 1.29 is 27.4 Å². The topological polar surface area (TPSA) is 99.6 Å². The Bertz CT molecular complexity index is 1110. The molecular weight excluding hydrogens is 489 g/mol. The number of halogens is 3. The van der Waals surface area contributed by atoms with E-state index in [1.807, 2.05) is 25.1 Å². The van der Waals surface area contributed by atoms with E-state index in [1.54, 1.807) is 6.08 Å². The number of guanidine groups is 2. The smallest absolute Gasteiger partial charge is 0.406 e. The number of nitrogens with zero attached hydrogens (tertiary/aromatic N) is 3. The summed E-state index contributed by atoms with van der Waals surface area (Å²) in [6.07, 6.45) is 1.98. The van der Waals surface area contributed by atoms with Crippen molar-refractivity contribution in [3.63, 3.8) is 0 Å². The molecule has 37 heavy (non-hydrogen) atoms. The molecule has 0 saturated carbocycles. The number of likely N-dealkylation sites (tertiary alicyclic amines) is 1. The second kappa shape index (κ2) is 11.7. The monoisotopic (exact) mass is 520 g/mol. The SMILES string of the molecule is CC(=O)Nc1cccc(NC2=NCN=C(N3CCC(OCC4C=CC(OC(F)(F)F)=CC4)CC3)N2)c1C. The number of allylic oxidation sites excluding steroid dienone is 2. The van der Waals surface area contributed by atoms with Crippen LogP contribution in [0.5, 0.6) is 0 Å². The van der Waals surface area contributed by atoms with Crippen LogP contribution in [0.25, 0.3) is 0 Å². The molecule has 1 amide bonds. The number of hydrogen-bond acceptors (Lipinski definition) is 8. The van der Waals surface area contributed by atoms with Gasteiger partial charge in [0, 0.05) is 37.3 Å². The van der Waals surface area contributed by atoms with Crippen LogP contribution in [0, 0.1) is 12.8 Å². The number of alkyl halides is 3. The molecule has 3 aliphatic rings. The Morgan fingerprint density at radius 1 is 1.22 bits per heavy atom. The van der Waals surface area contributed by atoms with Crippen LogP contribution >= 0.6 is 0 Å². The molecule has 1 aromatic carbocycles. The molecule has 9 nitrogen and oxygen atoms in total. The zero-order chi connectivity index (χ0) is 26.4. The lowest BCUT2D eigenvalue weighted by Crippen LogP contribution is -2.51. The highest BCUT2D eigenvalue weighted by atomic mass is 19.4. The number of rotatable bonds is 6. The quantitative estimate of drug-likeness (QED) is 0.522. The van der Waals surface area contributed by atoms with E-state index in [0.29, 0.717) is 25.7 Å². The Morgan fingerprint density at radius 2 is 1.97 bits per heavy atom. The molecule has 1 unspecified atom stereocenters. The Morgan fingerprint density at radius 3 is 2.65 bits per heavy atom. The highest BCUT2D eigenvalue weighted by Crippen LogP contribution is 2.26. The maximum Gasteiger partial charge on any atom is 0.573 e. The first-order valence-corrected chi connectivity index (χ1v) is 12.2. The van der Waals surface area contributed by atoms with Gasteiger partial charge in [0.05, 0.1) is 12.7 Å². The summed E-state index contributed by atoms with van der Waals surface area (Å²) in [5.74, 6) is 1.04. The number of anilines is 2. The molecule has 0 bridgehead atoms. The van der Waals surface area contributed by atoms with Gasteiger partial charge in [-0.15, -0.1) is 13.2 Å². The largest absolute Gasteiger partial charge is 0.573 e. The number of carbonyl (C=O) groups excluding carboxylic acids is 1. The number of amides is 1. The Labute approximate surface area is 213 Å². The third-order valence-corrected chi connectivity index (χ3v) is 6.25. The fraction of sp³-hybridized carbons (Fsp3) is 0.480. The van der Waals surface area contributed by atoms with Gasteiger partial charge in [-0.05, 0) is 56.0 Å². The average molecular weight is 521 g/mol. The van der Waals surface area contributed by atoms with E-state index in [4.69, 9.17) is 4.74 Å². The van der Waals surface area contributed by atoms with Gasteiger partial charge in [0.2, 0.25) is 17.8 Å². The average Bonchev–Trinajstić information content (AvgIpc) is 2.85. The number of carbonyl (C=O) groups is 1. The lowest BCUT2D eigenvalue weighted by atomic mass is 10.0. The molecule has 1 aromatic rings. The second-order valence-corrected chi connectivity index (χ2v) is 9.07. The van der Waals surface area contributed by atoms with Crippen molar-refractivity contribution in [1.82, 2.24) is 10.2 Å². The highest BCUT2D eigenvalue weighted by molar-refractivity contribution is 6.07. The molecule has 1 atom stereocenters. The number of benzene rings is 1. The maximum atomic E-state index is 12.3. The first kappa shape index (κ1) is 26.5. The standard InChI is InChI=1S/C25H31F3N6O3/c1-16-21(31-17(2)35)4-3-5-22(16)32-23-29-15-30-24(33-23)34-12-10-19(11-13-34)36-14-18-6-8-20(9-7-18)37-25(26,27)28/h3-6,8-9,18-19H,7,10-15H2,1-2H3,(H,31,35)(H2,29,30,32,33). The molecular formula is C25H31F3N6O3. The predicted octanol–water partition coefficient (Wildman–Crippen LogP) is 4.12. The Kier molecular flexibility index (Phi) is 8.37. The van der Waals surface area contributed by atoms with Crippen molar-refractivity contribution in [1.29, 1.82) is 0 Å². The maximum absolute atomic E-state index is 12.3. The van der Waals surface area contributed by atoms with Crippen molar-refractivity contribution >= 4 is 29.2 Å². The lowest BCUT2D eigenvalue weighted by molar-refractivity contribution is -0.303. The third-order valence-electron chi connectivity index (χ3n) is 6.25. The summed E-state index contributed by atoms with van der Waals surface area (Å²) in [5, 5.41) is 9.36. The van der Waals surface area contributed by atoms with E-state index in [-0.39, 0.29) is 23.7 Å². The van der Waals surface area contributed by atoms with Gasteiger partial charge in [0.25, 0.3) is 0 Å². The van der Waals surface area contributed by atoms with Gasteiger partial charge in [-0.3, -0.25) is 10.1 Å². The molecule has 4 rings (SSSR count). The minimum atomic E-state index is -4.68. The molecule has 0 radical (unpaired) electrons. The number of ether oxygens (including phenoxy) is 2. The minimum Gasteiger partial charge on any atom is -0.406 e. The van der Waals surface area contributed by atoms with Crippen molar-refractivity contribution in [3.8, 4) is 0 Å². The normalized spacial score (nSPS) is 20.4. The molecule has 12 heteroatoms. The van der Waals surface area contributed by atoms with Crippen LogP contribution in [-0.2, 0) is 14.3 Å². The first-order valence-electron chi connectivity index (χ1n) is 12.2. The van der Waals surface area contributed by atoms with Gasteiger partial charge in [0.15, 0.2) is 0 Å². The molecule has 2 aliphatic heterocycles. The van der Waals surface area contributed by atoms with E-state index in [0.717, 1.165) is 48.8 Å². The van der Waals surface area contributed by atoms with Gasteiger partial charge in [-0.1, -0.05) is 12.1 Å². The molecule has 0 aromatic heterocycles. The van der Waals surface area contributed by atoms with Gasteiger partial charge >= 0.3 is 6.36 Å². The molecule has 0 spiro atoms. The van der Waals surface area contributed by atoms with Crippen molar-refractivity contribution in [2.45, 2.75) is 45.6 Å². The predicted molar refractivity (Wildman–Crippen MR) is 135 cm³/mol. The van der Waals surface area contributed by atoms with Crippen LogP contribution in [0.4, 0.5) is 24.5 Å². The van der Waals surface area contributed by atoms with Crippen LogP contribution < -0.4 is 16.0 Å². The van der Waals surface area contributed by atoms with Crippen LogP contribution in [0.2, 0.25) is 0 Å². The molecule has 1 fully saturated rings. The summed E-state index contributed by atoms with van der Waals surface area (Å²) in [4.78, 5) is 22.5. The van der Waals surface area contributed by atoms with Crippen LogP contribution in [-0.4, -0.2) is 61.6 Å². The van der Waals surface area contributed by atoms with Gasteiger partial charge < -0.3 is 25.0 Å². The van der Waals surface area contributed by atoms with Gasteiger partial charge in [0.1, 0.15) is 12.4 Å². The van der Waals surface area contributed by atoms with Crippen molar-refractivity contribution in [2.24, 2.45) is 15.9 Å². The van der Waals surface area contributed by atoms with Gasteiger partial charge in [-0.25, -0.2) is 9.98 Å². The summed E-state index contributed by atoms with van der Waals surface area (Å²) < 4.78 is 47.0. The molecule has 3 N–H and O–H groups in total. The summed E-state index contributed by atoms with van der Waals surface area (Å²) >= 11 is 0. The summed E-state index contributed by atoms with van der Waals surface area (Å²) in [6, 6.07) is 5.62. The van der Waals surface area contributed by atoms with Crippen molar-refractivity contribution in [3.05, 3.63) is 47.7 Å². The van der Waals surface area contributed by atoms with E-state index in [2.05, 4.69) is 35.6 Å². The van der Waals surface area contributed by atoms with E-state index in [9.17, 15) is 18.0 Å². The first-order chi connectivity index (χ1) is 17.7. The van der Waals surface area contributed by atoms with E-state index >= 15 is 0 Å². The molecule has 1 saturated heterocycles. The Hall–Kier alpha value is -3.54. The summed E-state index contributed by atoms with van der Waals surface area (Å²) in [7, 11) is 0. The number of hydrogen-bond donors (Lipinski definition) is 3. The zero-order valence-corrected chi connectivity index (χ0v) is 20.8.